The lowest BCUT2D eigenvalue weighted by Crippen LogP contribution is -2.42. The van der Waals surface area contributed by atoms with E-state index >= 15 is 0 Å². The number of anilines is 1. The fraction of sp³-hybridized carbons (Fsp3) is 0.0175. The number of carbonyl (C=O) groups excluding carboxylic acids is 2. The van der Waals surface area contributed by atoms with E-state index in [2.05, 4.69) is 79.4 Å². The standard InChI is InChI=1S/C57H29N3O3/c1-3-29-30-13-14-33-35-17-19-37-39-21-24-41-53-43(57(63)60-45-12-8-7-11-44(45)58-54(41)60)26-23-40(52(39)53)38-20-18-36(50(35)51(37)38)34-16-15-32(48(30)49(33)34)31-22-25-42-46(47(29)31)27(2)55(61)59(56(42)62)28-9-5-4-6-10-28/h3-26H,2H2,1H3/b29-3-. The monoisotopic (exact) mass is 803 g/mol. The molecule has 0 N–H and O–H groups in total. The molecule has 6 nitrogen and oxygen atoms in total. The topological polar surface area (TPSA) is 71.8 Å². The van der Waals surface area contributed by atoms with Gasteiger partial charge in [0.05, 0.1) is 16.7 Å². The van der Waals surface area contributed by atoms with Crippen LogP contribution in [0.1, 0.15) is 22.8 Å². The summed E-state index contributed by atoms with van der Waals surface area (Å²) in [5, 5.41) is 22.8. The first-order valence-electron chi connectivity index (χ1n) is 21.2. The molecule has 0 saturated carbocycles. The van der Waals surface area contributed by atoms with E-state index < -0.39 is 5.91 Å². The Hall–Kier alpha value is -8.48. The first-order valence-corrected chi connectivity index (χ1v) is 21.2. The highest BCUT2D eigenvalue weighted by Gasteiger charge is 2.37. The number of hydrogen-bond acceptors (Lipinski definition) is 4. The number of fused-ring (bicyclic) bond motifs is 12. The largest absolute Gasteiger partial charge is 0.268 e. The maximum atomic E-state index is 14.3. The number of amides is 2. The van der Waals surface area contributed by atoms with Gasteiger partial charge >= 0.3 is 0 Å². The predicted octanol–water partition coefficient (Wildman–Crippen LogP) is 12.4. The molecular weight excluding hydrogens is 775 g/mol. The van der Waals surface area contributed by atoms with Gasteiger partial charge in [-0.3, -0.25) is 18.8 Å². The van der Waals surface area contributed by atoms with Gasteiger partial charge in [-0.15, -0.1) is 0 Å². The highest BCUT2D eigenvalue weighted by molar-refractivity contribution is 6.47. The molecule has 15 rings (SSSR count). The zero-order chi connectivity index (χ0) is 41.7. The molecule has 0 aliphatic carbocycles. The maximum absolute atomic E-state index is 14.3. The van der Waals surface area contributed by atoms with Crippen molar-refractivity contribution < 1.29 is 9.59 Å². The van der Waals surface area contributed by atoms with Gasteiger partial charge in [0, 0.05) is 32.9 Å². The summed E-state index contributed by atoms with van der Waals surface area (Å²) in [6.45, 7) is 6.35. The Kier molecular flexibility index (Phi) is 5.84. The Labute approximate surface area is 355 Å². The summed E-state index contributed by atoms with van der Waals surface area (Å²) >= 11 is 0. The average Bonchev–Trinajstić information content (AvgIpc) is 3.72. The van der Waals surface area contributed by atoms with Crippen molar-refractivity contribution in [3.05, 3.63) is 173 Å². The van der Waals surface area contributed by atoms with Gasteiger partial charge in [-0.05, 0) is 146 Å². The van der Waals surface area contributed by atoms with Crippen LogP contribution in [-0.2, 0) is 4.79 Å². The molecule has 0 atom stereocenters. The molecule has 0 radical (unpaired) electrons. The summed E-state index contributed by atoms with van der Waals surface area (Å²) in [6, 6.07) is 47.4. The van der Waals surface area contributed by atoms with Crippen molar-refractivity contribution in [2.45, 2.75) is 6.92 Å². The Morgan fingerprint density at radius 1 is 0.460 bits per heavy atom. The number of carbonyl (C=O) groups is 2. The highest BCUT2D eigenvalue weighted by atomic mass is 16.2. The lowest BCUT2D eigenvalue weighted by Gasteiger charge is -2.29. The number of hydrogen-bond donors (Lipinski definition) is 0. The fourth-order valence-electron chi connectivity index (χ4n) is 11.9. The van der Waals surface area contributed by atoms with Gasteiger partial charge in [-0.25, -0.2) is 9.88 Å². The molecule has 3 heterocycles. The molecule has 6 heteroatoms. The van der Waals surface area contributed by atoms with Crippen molar-refractivity contribution in [3.63, 3.8) is 0 Å². The molecule has 14 aromatic rings. The van der Waals surface area contributed by atoms with Crippen LogP contribution in [0.25, 0.3) is 136 Å². The number of rotatable bonds is 1. The number of para-hydroxylation sites is 3. The third-order valence-electron chi connectivity index (χ3n) is 14.4. The van der Waals surface area contributed by atoms with E-state index in [0.29, 0.717) is 33.4 Å². The van der Waals surface area contributed by atoms with Gasteiger partial charge in [0.1, 0.15) is 5.65 Å². The zero-order valence-electron chi connectivity index (χ0n) is 33.6. The number of aromatic nitrogens is 2. The zero-order valence-corrected chi connectivity index (χ0v) is 33.6. The third-order valence-corrected chi connectivity index (χ3v) is 14.4. The van der Waals surface area contributed by atoms with Crippen LogP contribution in [-0.4, -0.2) is 21.2 Å². The van der Waals surface area contributed by atoms with E-state index in [1.807, 2.05) is 67.6 Å². The third kappa shape index (κ3) is 3.72. The van der Waals surface area contributed by atoms with Gasteiger partial charge in [0.25, 0.3) is 17.4 Å². The van der Waals surface area contributed by atoms with Crippen LogP contribution >= 0.6 is 0 Å². The fourth-order valence-corrected chi connectivity index (χ4v) is 11.9. The van der Waals surface area contributed by atoms with E-state index in [9.17, 15) is 14.4 Å². The van der Waals surface area contributed by atoms with E-state index in [4.69, 9.17) is 4.98 Å². The molecule has 1 aliphatic heterocycles. The molecule has 0 fully saturated rings. The Morgan fingerprint density at radius 3 is 1.48 bits per heavy atom. The van der Waals surface area contributed by atoms with E-state index in [1.165, 1.54) is 42.6 Å². The molecule has 2 aromatic heterocycles. The van der Waals surface area contributed by atoms with Crippen molar-refractivity contribution in [3.8, 4) is 0 Å². The highest BCUT2D eigenvalue weighted by Crippen LogP contribution is 2.50. The molecule has 0 saturated heterocycles. The summed E-state index contributed by atoms with van der Waals surface area (Å²) in [4.78, 5) is 48.8. The lowest BCUT2D eigenvalue weighted by molar-refractivity contribution is -0.112. The molecule has 0 unspecified atom stereocenters. The smallest absolute Gasteiger partial charge is 0.265 e. The van der Waals surface area contributed by atoms with Crippen LogP contribution in [0.3, 0.4) is 0 Å². The van der Waals surface area contributed by atoms with Gasteiger partial charge in [-0.2, -0.15) is 0 Å². The van der Waals surface area contributed by atoms with Crippen LogP contribution in [0, 0.1) is 0 Å². The minimum Gasteiger partial charge on any atom is -0.268 e. The number of nitrogens with zero attached hydrogens (tertiary/aromatic N) is 3. The molecule has 1 aliphatic rings. The summed E-state index contributed by atoms with van der Waals surface area (Å²) < 4.78 is 1.77. The summed E-state index contributed by atoms with van der Waals surface area (Å²) in [7, 11) is 0. The van der Waals surface area contributed by atoms with E-state index in [-0.39, 0.29) is 11.5 Å². The Morgan fingerprint density at radius 2 is 0.905 bits per heavy atom. The SMILES string of the molecule is C=C1C(=O)N(c2ccccc2)C(=O)c2ccc3c(c21)/c(=C\C)c1ccc2c4ccc5c6ccc7c8c(ccc(c9ccc(c%10ccc3c1c2%10)c4c59)c68)c(=O)n1c2ccccc2nc71. The van der Waals surface area contributed by atoms with Crippen molar-refractivity contribution >= 4 is 154 Å². The van der Waals surface area contributed by atoms with Gasteiger partial charge in [0.15, 0.2) is 0 Å². The van der Waals surface area contributed by atoms with Crippen LogP contribution in [0.2, 0.25) is 0 Å². The normalized spacial score (nSPS) is 14.3. The first kappa shape index (κ1) is 33.3. The van der Waals surface area contributed by atoms with Crippen molar-refractivity contribution in [2.24, 2.45) is 0 Å². The molecule has 12 aromatic carbocycles. The molecule has 0 spiro atoms. The van der Waals surface area contributed by atoms with Crippen LogP contribution < -0.4 is 15.7 Å². The van der Waals surface area contributed by atoms with Crippen LogP contribution in [0.4, 0.5) is 5.69 Å². The maximum Gasteiger partial charge on any atom is 0.265 e. The van der Waals surface area contributed by atoms with E-state index in [0.717, 1.165) is 80.9 Å². The lowest BCUT2D eigenvalue weighted by atomic mass is 9.80. The number of imide groups is 1. The second kappa shape index (κ2) is 11.1. The van der Waals surface area contributed by atoms with Gasteiger partial charge in [-0.1, -0.05) is 110 Å². The van der Waals surface area contributed by atoms with Crippen molar-refractivity contribution in [2.75, 3.05) is 4.90 Å². The quantitative estimate of drug-likeness (QED) is 0.0717. The number of benzene rings is 12. The van der Waals surface area contributed by atoms with Gasteiger partial charge in [0.2, 0.25) is 0 Å². The number of pyridine rings is 1. The molecule has 0 bridgehead atoms. The summed E-state index contributed by atoms with van der Waals surface area (Å²) in [5.74, 6) is -0.760. The van der Waals surface area contributed by atoms with Crippen LogP contribution in [0.5, 0.6) is 0 Å². The molecule has 290 valence electrons. The van der Waals surface area contributed by atoms with E-state index in [1.54, 1.807) is 16.5 Å². The van der Waals surface area contributed by atoms with Crippen molar-refractivity contribution in [1.29, 1.82) is 0 Å². The molecular formula is C57H29N3O3. The summed E-state index contributed by atoms with van der Waals surface area (Å²) in [5.41, 5.74) is 4.18. The first-order chi connectivity index (χ1) is 30.9. The minimum absolute atomic E-state index is 0.0484. The molecule has 63 heavy (non-hydrogen) atoms. The van der Waals surface area contributed by atoms with Crippen molar-refractivity contribution in [1.82, 2.24) is 9.38 Å². The predicted molar refractivity (Wildman–Crippen MR) is 260 cm³/mol. The van der Waals surface area contributed by atoms with Gasteiger partial charge < -0.3 is 0 Å². The summed E-state index contributed by atoms with van der Waals surface area (Å²) in [6.07, 6.45) is 2.11. The average molecular weight is 804 g/mol. The molecule has 2 amide bonds. The van der Waals surface area contributed by atoms with Crippen LogP contribution in [0.15, 0.2) is 151 Å². The second-order valence-corrected chi connectivity index (χ2v) is 17.2. The Balaban J connectivity index is 1.04. The number of imidazole rings is 1. The second-order valence-electron chi connectivity index (χ2n) is 17.2. The minimum atomic E-state index is -0.410. The Bertz CT molecular complexity index is 4570.